The van der Waals surface area contributed by atoms with Crippen LogP contribution in [0.15, 0.2) is 30.3 Å². The average Bonchev–Trinajstić information content (AvgIpc) is 2.29. The van der Waals surface area contributed by atoms with E-state index in [1.807, 2.05) is 6.07 Å². The Balaban J connectivity index is 2.49. The van der Waals surface area contributed by atoms with E-state index in [1.165, 1.54) is 5.56 Å². The third-order valence-electron chi connectivity index (χ3n) is 2.85. The monoisotopic (exact) mass is 259 g/mol. The highest BCUT2D eigenvalue weighted by molar-refractivity contribution is 6.18. The summed E-state index contributed by atoms with van der Waals surface area (Å²) in [6.45, 7) is 3.05. The second kappa shape index (κ2) is 7.16. The molecule has 16 heavy (non-hydrogen) atoms. The molecule has 0 aliphatic carbocycles. The summed E-state index contributed by atoms with van der Waals surface area (Å²) in [5.41, 5.74) is 1.33. The third kappa shape index (κ3) is 4.73. The van der Waals surface area contributed by atoms with E-state index in [4.69, 9.17) is 23.2 Å². The predicted octanol–water partition coefficient (Wildman–Crippen LogP) is 3.79. The maximum atomic E-state index is 5.82. The lowest BCUT2D eigenvalue weighted by Gasteiger charge is -2.30. The number of hydrogen-bond donors (Lipinski definition) is 1. The minimum Gasteiger partial charge on any atom is -0.307 e. The largest absolute Gasteiger partial charge is 0.307 e. The zero-order valence-electron chi connectivity index (χ0n) is 9.68. The van der Waals surface area contributed by atoms with E-state index in [-0.39, 0.29) is 5.54 Å². The highest BCUT2D eigenvalue weighted by atomic mass is 35.5. The van der Waals surface area contributed by atoms with Crippen molar-refractivity contribution in [2.75, 3.05) is 11.8 Å². The van der Waals surface area contributed by atoms with Gasteiger partial charge in [-0.1, -0.05) is 30.3 Å². The Morgan fingerprint density at radius 3 is 2.12 bits per heavy atom. The Labute approximate surface area is 108 Å². The van der Waals surface area contributed by atoms with Crippen LogP contribution in [0.4, 0.5) is 0 Å². The topological polar surface area (TPSA) is 12.0 Å². The second-order valence-corrected chi connectivity index (χ2v) is 5.03. The van der Waals surface area contributed by atoms with Crippen molar-refractivity contribution in [2.24, 2.45) is 0 Å². The van der Waals surface area contributed by atoms with Gasteiger partial charge in [-0.25, -0.2) is 0 Å². The molecule has 1 N–H and O–H groups in total. The molecule has 0 aromatic heterocycles. The molecule has 90 valence electrons. The van der Waals surface area contributed by atoms with Gasteiger partial charge in [0.1, 0.15) is 0 Å². The fraction of sp³-hybridized carbons (Fsp3) is 0.538. The standard InChI is InChI=1S/C13H19Cl2N/c1-13(7-9-14,8-10-15)16-11-12-5-3-2-4-6-12/h2-6,16H,7-11H2,1H3. The molecule has 3 heteroatoms. The van der Waals surface area contributed by atoms with Crippen LogP contribution in [0.2, 0.25) is 0 Å². The molecule has 1 aromatic rings. The summed E-state index contributed by atoms with van der Waals surface area (Å²) in [5, 5.41) is 3.55. The minimum absolute atomic E-state index is 0.0410. The SMILES string of the molecule is CC(CCCl)(CCCl)NCc1ccccc1. The van der Waals surface area contributed by atoms with Gasteiger partial charge in [-0.3, -0.25) is 0 Å². The lowest BCUT2D eigenvalue weighted by molar-refractivity contribution is 0.333. The number of nitrogens with one attached hydrogen (secondary N) is 1. The molecule has 0 radical (unpaired) electrons. The normalized spacial score (nSPS) is 11.7. The van der Waals surface area contributed by atoms with Crippen molar-refractivity contribution < 1.29 is 0 Å². The van der Waals surface area contributed by atoms with Gasteiger partial charge < -0.3 is 5.32 Å². The van der Waals surface area contributed by atoms with Gasteiger partial charge in [-0.2, -0.15) is 0 Å². The molecule has 0 bridgehead atoms. The molecule has 0 amide bonds. The van der Waals surface area contributed by atoms with Crippen molar-refractivity contribution in [1.29, 1.82) is 0 Å². The van der Waals surface area contributed by atoms with Gasteiger partial charge in [-0.15, -0.1) is 23.2 Å². The first kappa shape index (κ1) is 13.8. The Kier molecular flexibility index (Phi) is 6.18. The average molecular weight is 260 g/mol. The first-order valence-electron chi connectivity index (χ1n) is 5.61. The number of hydrogen-bond acceptors (Lipinski definition) is 1. The summed E-state index contributed by atoms with van der Waals surface area (Å²) >= 11 is 11.6. The van der Waals surface area contributed by atoms with E-state index in [9.17, 15) is 0 Å². The first-order valence-corrected chi connectivity index (χ1v) is 6.68. The molecule has 0 saturated carbocycles. The molecule has 0 spiro atoms. The summed E-state index contributed by atoms with van der Waals surface area (Å²) < 4.78 is 0. The lowest BCUT2D eigenvalue weighted by atomic mass is 9.95. The van der Waals surface area contributed by atoms with E-state index in [0.717, 1.165) is 19.4 Å². The maximum absolute atomic E-state index is 5.82. The van der Waals surface area contributed by atoms with Gasteiger partial charge in [0.25, 0.3) is 0 Å². The van der Waals surface area contributed by atoms with Gasteiger partial charge in [0, 0.05) is 23.8 Å². The number of benzene rings is 1. The van der Waals surface area contributed by atoms with Crippen LogP contribution in [0.5, 0.6) is 0 Å². The van der Waals surface area contributed by atoms with Crippen molar-refractivity contribution in [2.45, 2.75) is 31.8 Å². The molecule has 1 nitrogen and oxygen atoms in total. The highest BCUT2D eigenvalue weighted by Gasteiger charge is 2.21. The molecule has 0 heterocycles. The second-order valence-electron chi connectivity index (χ2n) is 4.28. The molecule has 0 fully saturated rings. The summed E-state index contributed by atoms with van der Waals surface area (Å²) in [4.78, 5) is 0. The van der Waals surface area contributed by atoms with Crippen LogP contribution in [-0.4, -0.2) is 17.3 Å². The lowest BCUT2D eigenvalue weighted by Crippen LogP contribution is -2.42. The van der Waals surface area contributed by atoms with Crippen molar-refractivity contribution in [3.63, 3.8) is 0 Å². The summed E-state index contributed by atoms with van der Waals surface area (Å²) in [6.07, 6.45) is 1.88. The molecule has 0 aliphatic heterocycles. The van der Waals surface area contributed by atoms with E-state index >= 15 is 0 Å². The quantitative estimate of drug-likeness (QED) is 0.735. The van der Waals surface area contributed by atoms with Gasteiger partial charge in [0.05, 0.1) is 0 Å². The van der Waals surface area contributed by atoms with Crippen LogP contribution < -0.4 is 5.32 Å². The van der Waals surface area contributed by atoms with Crippen molar-refractivity contribution in [3.05, 3.63) is 35.9 Å². The smallest absolute Gasteiger partial charge is 0.0240 e. The van der Waals surface area contributed by atoms with Crippen LogP contribution in [0.1, 0.15) is 25.3 Å². The fourth-order valence-electron chi connectivity index (χ4n) is 1.63. The van der Waals surface area contributed by atoms with Gasteiger partial charge >= 0.3 is 0 Å². The van der Waals surface area contributed by atoms with Crippen LogP contribution >= 0.6 is 23.2 Å². The Hall–Kier alpha value is -0.240. The number of alkyl halides is 2. The van der Waals surface area contributed by atoms with E-state index in [1.54, 1.807) is 0 Å². The van der Waals surface area contributed by atoms with E-state index in [0.29, 0.717) is 11.8 Å². The third-order valence-corrected chi connectivity index (χ3v) is 3.23. The molecule has 1 aromatic carbocycles. The molecular formula is C13H19Cl2N. The Morgan fingerprint density at radius 1 is 1.06 bits per heavy atom. The van der Waals surface area contributed by atoms with Crippen molar-refractivity contribution in [3.8, 4) is 0 Å². The molecule has 0 aliphatic rings. The van der Waals surface area contributed by atoms with Crippen LogP contribution in [0.25, 0.3) is 0 Å². The molecule has 0 unspecified atom stereocenters. The van der Waals surface area contributed by atoms with Crippen LogP contribution in [0, 0.1) is 0 Å². The zero-order chi connectivity index (χ0) is 11.9. The summed E-state index contributed by atoms with van der Waals surface area (Å²) in [5.74, 6) is 1.32. The van der Waals surface area contributed by atoms with E-state index < -0.39 is 0 Å². The zero-order valence-corrected chi connectivity index (χ0v) is 11.2. The van der Waals surface area contributed by atoms with Crippen LogP contribution in [-0.2, 0) is 6.54 Å². The fourth-order valence-corrected chi connectivity index (χ4v) is 2.46. The maximum Gasteiger partial charge on any atom is 0.0240 e. The van der Waals surface area contributed by atoms with Gasteiger partial charge in [0.2, 0.25) is 0 Å². The summed E-state index contributed by atoms with van der Waals surface area (Å²) in [7, 11) is 0. The Bertz CT molecular complexity index is 281. The van der Waals surface area contributed by atoms with Crippen molar-refractivity contribution >= 4 is 23.2 Å². The minimum atomic E-state index is 0.0410. The van der Waals surface area contributed by atoms with Gasteiger partial charge in [0.15, 0.2) is 0 Å². The van der Waals surface area contributed by atoms with Crippen molar-refractivity contribution in [1.82, 2.24) is 5.32 Å². The first-order chi connectivity index (χ1) is 7.70. The molecule has 0 saturated heterocycles. The van der Waals surface area contributed by atoms with Crippen LogP contribution in [0.3, 0.4) is 0 Å². The summed E-state index contributed by atoms with van der Waals surface area (Å²) in [6, 6.07) is 10.4. The molecule has 1 rings (SSSR count). The number of halogens is 2. The number of rotatable bonds is 7. The highest BCUT2D eigenvalue weighted by Crippen LogP contribution is 2.17. The molecule has 0 atom stereocenters. The molecular weight excluding hydrogens is 241 g/mol. The van der Waals surface area contributed by atoms with E-state index in [2.05, 4.69) is 36.5 Å². The van der Waals surface area contributed by atoms with Gasteiger partial charge in [-0.05, 0) is 25.3 Å². The predicted molar refractivity (Wildman–Crippen MR) is 72.4 cm³/mol. The Morgan fingerprint density at radius 2 is 1.62 bits per heavy atom.